The van der Waals surface area contributed by atoms with Gasteiger partial charge in [-0.05, 0) is 31.4 Å². The summed E-state index contributed by atoms with van der Waals surface area (Å²) in [4.78, 5) is 24.1. The van der Waals surface area contributed by atoms with Crippen molar-refractivity contribution in [1.29, 1.82) is 0 Å². The van der Waals surface area contributed by atoms with Gasteiger partial charge < -0.3 is 19.5 Å². The standard InChI is InChI=1S/C20H31NO5/c1-5-15(6-2)19(20(23)24-4)21-18(22)13-10-14-26-17-12-9-8-11-16(17)25-7-3/h8-9,11-12,15,19H,5-7,10,13-14H2,1-4H3,(H,21,22). The van der Waals surface area contributed by atoms with Crippen molar-refractivity contribution in [3.8, 4) is 11.5 Å². The number of nitrogens with one attached hydrogen (secondary N) is 1. The van der Waals surface area contributed by atoms with Crippen molar-refractivity contribution in [3.05, 3.63) is 24.3 Å². The molecule has 6 heteroatoms. The number of hydrogen-bond donors (Lipinski definition) is 1. The average Bonchev–Trinajstić information content (AvgIpc) is 2.66. The Labute approximate surface area is 156 Å². The minimum Gasteiger partial charge on any atom is -0.490 e. The molecule has 0 bridgehead atoms. The van der Waals surface area contributed by atoms with Crippen LogP contribution in [0.2, 0.25) is 0 Å². The van der Waals surface area contributed by atoms with Gasteiger partial charge in [-0.25, -0.2) is 4.79 Å². The molecule has 0 saturated carbocycles. The number of carbonyl (C=O) groups excluding carboxylic acids is 2. The fourth-order valence-corrected chi connectivity index (χ4v) is 2.76. The predicted molar refractivity (Wildman–Crippen MR) is 100 cm³/mol. The molecule has 0 spiro atoms. The second-order valence-corrected chi connectivity index (χ2v) is 5.98. The van der Waals surface area contributed by atoms with Crippen molar-refractivity contribution >= 4 is 11.9 Å². The number of hydrogen-bond acceptors (Lipinski definition) is 5. The summed E-state index contributed by atoms with van der Waals surface area (Å²) >= 11 is 0. The molecule has 6 nitrogen and oxygen atoms in total. The number of ether oxygens (including phenoxy) is 3. The van der Waals surface area contributed by atoms with Gasteiger partial charge in [-0.3, -0.25) is 4.79 Å². The van der Waals surface area contributed by atoms with Gasteiger partial charge in [0.05, 0.1) is 20.3 Å². The lowest BCUT2D eigenvalue weighted by molar-refractivity contribution is -0.146. The first kappa shape index (κ1) is 21.8. The van der Waals surface area contributed by atoms with Crippen LogP contribution in [0, 0.1) is 5.92 Å². The van der Waals surface area contributed by atoms with E-state index in [0.29, 0.717) is 31.1 Å². The van der Waals surface area contributed by atoms with Crippen LogP contribution in [0.5, 0.6) is 11.5 Å². The summed E-state index contributed by atoms with van der Waals surface area (Å²) in [5, 5.41) is 2.81. The van der Waals surface area contributed by atoms with Crippen LogP contribution in [0.3, 0.4) is 0 Å². The van der Waals surface area contributed by atoms with Crippen molar-refractivity contribution in [2.75, 3.05) is 20.3 Å². The molecule has 0 radical (unpaired) electrons. The summed E-state index contributed by atoms with van der Waals surface area (Å²) in [5.74, 6) is 0.863. The van der Waals surface area contributed by atoms with E-state index in [1.165, 1.54) is 7.11 Å². The molecule has 0 aliphatic carbocycles. The molecule has 0 saturated heterocycles. The number of amides is 1. The van der Waals surface area contributed by atoms with Crippen molar-refractivity contribution in [1.82, 2.24) is 5.32 Å². The van der Waals surface area contributed by atoms with Gasteiger partial charge >= 0.3 is 5.97 Å². The van der Waals surface area contributed by atoms with E-state index in [1.807, 2.05) is 45.0 Å². The topological polar surface area (TPSA) is 73.9 Å². The molecule has 1 N–H and O–H groups in total. The van der Waals surface area contributed by atoms with Crippen molar-refractivity contribution in [2.45, 2.75) is 52.5 Å². The summed E-state index contributed by atoms with van der Waals surface area (Å²) in [6, 6.07) is 6.85. The van der Waals surface area contributed by atoms with E-state index in [2.05, 4.69) is 5.32 Å². The lowest BCUT2D eigenvalue weighted by Gasteiger charge is -2.24. The number of methoxy groups -OCH3 is 1. The summed E-state index contributed by atoms with van der Waals surface area (Å²) in [6.07, 6.45) is 2.43. The van der Waals surface area contributed by atoms with Crippen LogP contribution in [0.4, 0.5) is 0 Å². The Bertz CT molecular complexity index is 557. The molecule has 1 aromatic rings. The van der Waals surface area contributed by atoms with E-state index < -0.39 is 12.0 Å². The van der Waals surface area contributed by atoms with Crippen molar-refractivity contribution in [3.63, 3.8) is 0 Å². The highest BCUT2D eigenvalue weighted by Gasteiger charge is 2.28. The van der Waals surface area contributed by atoms with Crippen LogP contribution in [0.15, 0.2) is 24.3 Å². The summed E-state index contributed by atoms with van der Waals surface area (Å²) < 4.78 is 16.0. The molecule has 0 aliphatic heterocycles. The highest BCUT2D eigenvalue weighted by atomic mass is 16.5. The molecule has 1 unspecified atom stereocenters. The van der Waals surface area contributed by atoms with Crippen LogP contribution in [-0.4, -0.2) is 38.2 Å². The van der Waals surface area contributed by atoms with Gasteiger partial charge in [0, 0.05) is 6.42 Å². The monoisotopic (exact) mass is 365 g/mol. The molecule has 1 rings (SSSR count). The van der Waals surface area contributed by atoms with Crippen LogP contribution >= 0.6 is 0 Å². The molecule has 146 valence electrons. The Balaban J connectivity index is 2.47. The Morgan fingerprint density at radius 3 is 2.19 bits per heavy atom. The van der Waals surface area contributed by atoms with E-state index in [-0.39, 0.29) is 18.2 Å². The zero-order valence-electron chi connectivity index (χ0n) is 16.2. The third-order valence-corrected chi connectivity index (χ3v) is 4.25. The van der Waals surface area contributed by atoms with Gasteiger partial charge in [-0.15, -0.1) is 0 Å². The van der Waals surface area contributed by atoms with Gasteiger partial charge in [0.2, 0.25) is 5.91 Å². The minimum atomic E-state index is -0.595. The lowest BCUT2D eigenvalue weighted by atomic mass is 9.94. The average molecular weight is 365 g/mol. The van der Waals surface area contributed by atoms with E-state index in [4.69, 9.17) is 14.2 Å². The van der Waals surface area contributed by atoms with Crippen LogP contribution < -0.4 is 14.8 Å². The number of carbonyl (C=O) groups is 2. The maximum Gasteiger partial charge on any atom is 0.328 e. The molecule has 1 aromatic carbocycles. The second-order valence-electron chi connectivity index (χ2n) is 5.98. The van der Waals surface area contributed by atoms with Crippen LogP contribution in [-0.2, 0) is 14.3 Å². The maximum atomic E-state index is 12.2. The Morgan fingerprint density at radius 1 is 1.04 bits per heavy atom. The Morgan fingerprint density at radius 2 is 1.65 bits per heavy atom. The van der Waals surface area contributed by atoms with Crippen LogP contribution in [0.25, 0.3) is 0 Å². The van der Waals surface area contributed by atoms with Gasteiger partial charge in [0.15, 0.2) is 11.5 Å². The Hall–Kier alpha value is -2.24. The number of para-hydroxylation sites is 2. The largest absolute Gasteiger partial charge is 0.490 e. The molecule has 1 amide bonds. The molecule has 0 heterocycles. The molecule has 0 aliphatic rings. The van der Waals surface area contributed by atoms with Crippen molar-refractivity contribution < 1.29 is 23.8 Å². The lowest BCUT2D eigenvalue weighted by Crippen LogP contribution is -2.46. The third kappa shape index (κ3) is 6.94. The maximum absolute atomic E-state index is 12.2. The smallest absolute Gasteiger partial charge is 0.328 e. The van der Waals surface area contributed by atoms with Gasteiger partial charge in [0.25, 0.3) is 0 Å². The fourth-order valence-electron chi connectivity index (χ4n) is 2.76. The zero-order valence-corrected chi connectivity index (χ0v) is 16.2. The first-order valence-electron chi connectivity index (χ1n) is 9.29. The molecule has 0 aromatic heterocycles. The highest BCUT2D eigenvalue weighted by Crippen LogP contribution is 2.26. The third-order valence-electron chi connectivity index (χ3n) is 4.25. The normalized spacial score (nSPS) is 11.7. The molecular weight excluding hydrogens is 334 g/mol. The molecular formula is C20H31NO5. The summed E-state index contributed by atoms with van der Waals surface area (Å²) in [5.41, 5.74) is 0. The van der Waals surface area contributed by atoms with E-state index >= 15 is 0 Å². The van der Waals surface area contributed by atoms with E-state index in [1.54, 1.807) is 0 Å². The van der Waals surface area contributed by atoms with E-state index in [0.717, 1.165) is 12.8 Å². The molecule has 26 heavy (non-hydrogen) atoms. The molecule has 0 fully saturated rings. The van der Waals surface area contributed by atoms with Gasteiger partial charge in [-0.2, -0.15) is 0 Å². The number of esters is 1. The number of rotatable bonds is 12. The van der Waals surface area contributed by atoms with Crippen LogP contribution in [0.1, 0.15) is 46.5 Å². The van der Waals surface area contributed by atoms with Gasteiger partial charge in [-0.1, -0.05) is 38.8 Å². The Kier molecular flexibility index (Phi) is 10.2. The highest BCUT2D eigenvalue weighted by molar-refractivity contribution is 5.84. The quantitative estimate of drug-likeness (QED) is 0.454. The van der Waals surface area contributed by atoms with Gasteiger partial charge in [0.1, 0.15) is 6.04 Å². The summed E-state index contributed by atoms with van der Waals surface area (Å²) in [7, 11) is 1.34. The molecule has 1 atom stereocenters. The summed E-state index contributed by atoms with van der Waals surface area (Å²) in [6.45, 7) is 6.87. The minimum absolute atomic E-state index is 0.0701. The van der Waals surface area contributed by atoms with Crippen molar-refractivity contribution in [2.24, 2.45) is 5.92 Å². The number of benzene rings is 1. The zero-order chi connectivity index (χ0) is 19.4. The first-order chi connectivity index (χ1) is 12.6. The predicted octanol–water partition coefficient (Wildman–Crippen LogP) is 3.34. The van der Waals surface area contributed by atoms with E-state index in [9.17, 15) is 9.59 Å². The second kappa shape index (κ2) is 12.2. The fraction of sp³-hybridized carbons (Fsp3) is 0.600. The first-order valence-corrected chi connectivity index (χ1v) is 9.29. The SMILES string of the molecule is CCOc1ccccc1OCCCC(=O)NC(C(=O)OC)C(CC)CC.